The minimum atomic E-state index is -3.38. The van der Waals surface area contributed by atoms with E-state index in [0.29, 0.717) is 21.9 Å². The van der Waals surface area contributed by atoms with Crippen molar-refractivity contribution in [3.05, 3.63) is 54.1 Å². The van der Waals surface area contributed by atoms with Crippen LogP contribution in [0.3, 0.4) is 0 Å². The van der Waals surface area contributed by atoms with Crippen LogP contribution < -0.4 is 10.5 Å². The highest BCUT2D eigenvalue weighted by molar-refractivity contribution is 7.90. The molecular formula is C14H15NO3S. The zero-order chi connectivity index (χ0) is 13.9. The van der Waals surface area contributed by atoms with Gasteiger partial charge in [0.1, 0.15) is 5.75 Å². The monoisotopic (exact) mass is 277 g/mol. The lowest BCUT2D eigenvalue weighted by Crippen LogP contribution is -2.06. The van der Waals surface area contributed by atoms with Gasteiger partial charge in [0.05, 0.1) is 17.8 Å². The number of anilines is 1. The fraction of sp³-hybridized carbons (Fsp3) is 0.143. The van der Waals surface area contributed by atoms with Crippen LogP contribution in [0.5, 0.6) is 5.75 Å². The van der Waals surface area contributed by atoms with E-state index in [1.165, 1.54) is 7.11 Å². The first-order valence-electron chi connectivity index (χ1n) is 5.73. The number of benzene rings is 2. The molecule has 2 rings (SSSR count). The predicted octanol–water partition coefficient (Wildman–Crippen LogP) is 2.25. The number of nitrogens with two attached hydrogens (primary N) is 1. The van der Waals surface area contributed by atoms with Crippen molar-refractivity contribution in [3.8, 4) is 5.75 Å². The summed E-state index contributed by atoms with van der Waals surface area (Å²) in [5, 5.41) is 0. The van der Waals surface area contributed by atoms with E-state index in [2.05, 4.69) is 0 Å². The fourth-order valence-electron chi connectivity index (χ4n) is 1.80. The average molecular weight is 277 g/mol. The molecule has 4 nitrogen and oxygen atoms in total. The zero-order valence-electron chi connectivity index (χ0n) is 10.5. The molecule has 0 radical (unpaired) electrons. The van der Waals surface area contributed by atoms with Gasteiger partial charge >= 0.3 is 0 Å². The summed E-state index contributed by atoms with van der Waals surface area (Å²) in [6.45, 7) is 0. The normalized spacial score (nSPS) is 11.2. The van der Waals surface area contributed by atoms with Crippen LogP contribution in [0.4, 0.5) is 5.69 Å². The van der Waals surface area contributed by atoms with Gasteiger partial charge in [-0.2, -0.15) is 0 Å². The Balaban J connectivity index is 2.36. The van der Waals surface area contributed by atoms with Crippen LogP contribution in [0.15, 0.2) is 53.4 Å². The molecule has 0 fully saturated rings. The molecule has 0 atom stereocenters. The lowest BCUT2D eigenvalue weighted by Gasteiger charge is -2.10. The Hall–Kier alpha value is -2.01. The third kappa shape index (κ3) is 3.06. The van der Waals surface area contributed by atoms with E-state index in [1.54, 1.807) is 48.5 Å². The van der Waals surface area contributed by atoms with Gasteiger partial charge in [-0.15, -0.1) is 0 Å². The van der Waals surface area contributed by atoms with Gasteiger partial charge in [-0.1, -0.05) is 24.3 Å². The third-order valence-corrected chi connectivity index (χ3v) is 4.44. The Morgan fingerprint density at radius 1 is 1.11 bits per heavy atom. The van der Waals surface area contributed by atoms with Crippen LogP contribution >= 0.6 is 0 Å². The lowest BCUT2D eigenvalue weighted by atomic mass is 10.2. The maximum absolute atomic E-state index is 12.3. The molecule has 19 heavy (non-hydrogen) atoms. The second-order valence-electron chi connectivity index (χ2n) is 4.14. The van der Waals surface area contributed by atoms with Gasteiger partial charge in [0, 0.05) is 17.3 Å². The summed E-state index contributed by atoms with van der Waals surface area (Å²) in [4.78, 5) is 0.300. The van der Waals surface area contributed by atoms with Gasteiger partial charge in [-0.25, -0.2) is 8.42 Å². The van der Waals surface area contributed by atoms with Gasteiger partial charge in [-0.3, -0.25) is 0 Å². The predicted molar refractivity (Wildman–Crippen MR) is 74.7 cm³/mol. The summed E-state index contributed by atoms with van der Waals surface area (Å²) >= 11 is 0. The van der Waals surface area contributed by atoms with Crippen LogP contribution in [0.1, 0.15) is 5.56 Å². The highest BCUT2D eigenvalue weighted by atomic mass is 32.2. The van der Waals surface area contributed by atoms with Gasteiger partial charge in [0.15, 0.2) is 9.84 Å². The van der Waals surface area contributed by atoms with Crippen molar-refractivity contribution in [2.24, 2.45) is 0 Å². The lowest BCUT2D eigenvalue weighted by molar-refractivity contribution is 0.411. The van der Waals surface area contributed by atoms with E-state index < -0.39 is 9.84 Å². The smallest absolute Gasteiger partial charge is 0.182 e. The third-order valence-electron chi connectivity index (χ3n) is 2.76. The van der Waals surface area contributed by atoms with E-state index >= 15 is 0 Å². The molecule has 2 aromatic rings. The Morgan fingerprint density at radius 3 is 2.42 bits per heavy atom. The topological polar surface area (TPSA) is 69.4 Å². The highest BCUT2D eigenvalue weighted by Crippen LogP contribution is 2.25. The highest BCUT2D eigenvalue weighted by Gasteiger charge is 2.17. The van der Waals surface area contributed by atoms with Crippen molar-refractivity contribution >= 4 is 15.5 Å². The van der Waals surface area contributed by atoms with Crippen molar-refractivity contribution in [3.63, 3.8) is 0 Å². The molecule has 0 unspecified atom stereocenters. The van der Waals surface area contributed by atoms with Gasteiger partial charge in [0.25, 0.3) is 0 Å². The standard InChI is InChI=1S/C14H15NO3S/c1-18-14-9-12(15)8-7-11(14)10-19(16,17)13-5-3-2-4-6-13/h2-9H,10,15H2,1H3. The maximum Gasteiger partial charge on any atom is 0.182 e. The number of hydrogen-bond acceptors (Lipinski definition) is 4. The minimum absolute atomic E-state index is 0.111. The van der Waals surface area contributed by atoms with Crippen molar-refractivity contribution < 1.29 is 13.2 Å². The first-order chi connectivity index (χ1) is 9.03. The van der Waals surface area contributed by atoms with Gasteiger partial charge < -0.3 is 10.5 Å². The molecule has 0 aromatic heterocycles. The number of rotatable bonds is 4. The molecule has 0 heterocycles. The van der Waals surface area contributed by atoms with Gasteiger partial charge in [0.2, 0.25) is 0 Å². The molecule has 0 saturated carbocycles. The second kappa shape index (κ2) is 5.32. The van der Waals surface area contributed by atoms with Crippen molar-refractivity contribution in [2.45, 2.75) is 10.6 Å². The number of hydrogen-bond donors (Lipinski definition) is 1. The van der Waals surface area contributed by atoms with Crippen LogP contribution in [0.25, 0.3) is 0 Å². The van der Waals surface area contributed by atoms with Crippen LogP contribution in [-0.4, -0.2) is 15.5 Å². The quantitative estimate of drug-likeness (QED) is 0.870. The fourth-order valence-corrected chi connectivity index (χ4v) is 3.18. The zero-order valence-corrected chi connectivity index (χ0v) is 11.4. The molecule has 0 aliphatic heterocycles. The molecule has 0 saturated heterocycles. The van der Waals surface area contributed by atoms with Crippen LogP contribution in [0.2, 0.25) is 0 Å². The molecule has 0 spiro atoms. The van der Waals surface area contributed by atoms with E-state index in [9.17, 15) is 8.42 Å². The summed E-state index contributed by atoms with van der Waals surface area (Å²) in [7, 11) is -1.89. The van der Waals surface area contributed by atoms with Crippen LogP contribution in [0, 0.1) is 0 Å². The van der Waals surface area contributed by atoms with Gasteiger partial charge in [-0.05, 0) is 18.2 Å². The minimum Gasteiger partial charge on any atom is -0.496 e. The van der Waals surface area contributed by atoms with E-state index in [-0.39, 0.29) is 5.75 Å². The number of methoxy groups -OCH3 is 1. The second-order valence-corrected chi connectivity index (χ2v) is 6.13. The van der Waals surface area contributed by atoms with Crippen molar-refractivity contribution in [2.75, 3.05) is 12.8 Å². The molecule has 0 aliphatic carbocycles. The summed E-state index contributed by atoms with van der Waals surface area (Å²) in [5.41, 5.74) is 6.79. The Bertz CT molecular complexity index is 666. The summed E-state index contributed by atoms with van der Waals surface area (Å²) < 4.78 is 29.7. The SMILES string of the molecule is COc1cc(N)ccc1CS(=O)(=O)c1ccccc1. The Labute approximate surface area is 112 Å². The number of ether oxygens (including phenoxy) is 1. The maximum atomic E-state index is 12.3. The summed E-state index contributed by atoms with van der Waals surface area (Å²) in [6, 6.07) is 13.3. The van der Waals surface area contributed by atoms with Crippen molar-refractivity contribution in [1.29, 1.82) is 0 Å². The molecule has 0 bridgehead atoms. The van der Waals surface area contributed by atoms with E-state index in [1.807, 2.05) is 0 Å². The Morgan fingerprint density at radius 2 is 1.79 bits per heavy atom. The first-order valence-corrected chi connectivity index (χ1v) is 7.38. The van der Waals surface area contributed by atoms with E-state index in [4.69, 9.17) is 10.5 Å². The summed E-state index contributed by atoms with van der Waals surface area (Å²) in [6.07, 6.45) is 0. The number of nitrogen functional groups attached to an aromatic ring is 1. The molecule has 5 heteroatoms. The molecular weight excluding hydrogens is 262 g/mol. The average Bonchev–Trinajstić information content (AvgIpc) is 2.41. The van der Waals surface area contributed by atoms with Crippen LogP contribution in [-0.2, 0) is 15.6 Å². The molecule has 2 N–H and O–H groups in total. The number of sulfone groups is 1. The molecule has 2 aromatic carbocycles. The molecule has 0 aliphatic rings. The molecule has 100 valence electrons. The first kappa shape index (κ1) is 13.4. The largest absolute Gasteiger partial charge is 0.496 e. The Kier molecular flexibility index (Phi) is 3.76. The van der Waals surface area contributed by atoms with Crippen molar-refractivity contribution in [1.82, 2.24) is 0 Å². The molecule has 0 amide bonds. The van der Waals surface area contributed by atoms with E-state index in [0.717, 1.165) is 0 Å². The summed E-state index contributed by atoms with van der Waals surface area (Å²) in [5.74, 6) is 0.375.